The molecule has 0 aromatic heterocycles. The van der Waals surface area contributed by atoms with Crippen LogP contribution in [0.25, 0.3) is 11.1 Å². The summed E-state index contributed by atoms with van der Waals surface area (Å²) in [6.45, 7) is 0. The molecule has 4 aromatic carbocycles. The van der Waals surface area contributed by atoms with E-state index in [1.54, 1.807) is 0 Å². The molecule has 0 saturated carbocycles. The van der Waals surface area contributed by atoms with Crippen LogP contribution in [-0.2, 0) is 0 Å². The molecule has 0 heteroatoms. The van der Waals surface area contributed by atoms with Crippen molar-refractivity contribution in [2.45, 2.75) is 0 Å². The highest BCUT2D eigenvalue weighted by Crippen LogP contribution is 2.27. The summed E-state index contributed by atoms with van der Waals surface area (Å²) in [6, 6.07) is -22.4. The molecule has 134 valence electrons. The highest BCUT2D eigenvalue weighted by Gasteiger charge is 2.06. The molecule has 0 saturated heterocycles. The fraction of sp³-hybridized carbons (Fsp3) is 0. The second-order valence-electron chi connectivity index (χ2n) is 5.00. The van der Waals surface area contributed by atoms with Crippen LogP contribution >= 0.6 is 0 Å². The Bertz CT molecular complexity index is 1810. The molecule has 0 atom stereocenters. The standard InChI is InChI=1S/C28H22/c1-5-13-23(14-6-1)27(24-15-7-2-8-16-24)21-22-28(25-17-9-3-10-18-25)26-19-11-4-12-20-26/h1-22H/i1D,2D,3D,4D,5D,6D,7D,8D,9D,10D,11D,12D,13D,14D,15D,16D,17D,18D,19D,20D,21D,22D. The molecule has 4 aromatic rings. The van der Waals surface area contributed by atoms with E-state index < -0.39 is 166 Å². The van der Waals surface area contributed by atoms with Gasteiger partial charge in [0.25, 0.3) is 0 Å². The minimum atomic E-state index is -1.32. The first-order valence-corrected chi connectivity index (χ1v) is 7.75. The molecular weight excluding hydrogens is 336 g/mol. The van der Waals surface area contributed by atoms with Crippen LogP contribution in [0.3, 0.4) is 0 Å². The third-order valence-corrected chi connectivity index (χ3v) is 3.31. The van der Waals surface area contributed by atoms with Crippen molar-refractivity contribution in [1.82, 2.24) is 0 Å². The van der Waals surface area contributed by atoms with Gasteiger partial charge in [-0.25, -0.2) is 0 Å². The third-order valence-electron chi connectivity index (χ3n) is 3.31. The van der Waals surface area contributed by atoms with Crippen molar-refractivity contribution >= 4 is 11.1 Å². The average molecular weight is 381 g/mol. The maximum absolute atomic E-state index is 9.25. The van der Waals surface area contributed by atoms with Crippen LogP contribution in [0.5, 0.6) is 0 Å². The Morgan fingerprint density at radius 3 is 0.857 bits per heavy atom. The zero-order chi connectivity index (χ0) is 38.2. The quantitative estimate of drug-likeness (QED) is 0.320. The van der Waals surface area contributed by atoms with E-state index in [1.165, 1.54) is 0 Å². The third kappa shape index (κ3) is 4.19. The topological polar surface area (TPSA) is 0 Å². The Hall–Kier alpha value is -3.64. The van der Waals surface area contributed by atoms with Crippen LogP contribution in [0.15, 0.2) is 133 Å². The van der Waals surface area contributed by atoms with Gasteiger partial charge in [0, 0.05) is 0 Å². The van der Waals surface area contributed by atoms with E-state index in [9.17, 15) is 2.74 Å². The fourth-order valence-corrected chi connectivity index (χ4v) is 2.12. The van der Waals surface area contributed by atoms with Gasteiger partial charge in [-0.05, 0) is 33.4 Å². The van der Waals surface area contributed by atoms with Gasteiger partial charge in [0.2, 0.25) is 0 Å². The summed E-state index contributed by atoms with van der Waals surface area (Å²) in [5.74, 6) is 0. The predicted octanol–water partition coefficient (Wildman–Crippen LogP) is 7.25. The smallest absolute Gasteiger partial charge is 0.0622 e. The Morgan fingerprint density at radius 1 is 0.429 bits per heavy atom. The van der Waals surface area contributed by atoms with Crippen molar-refractivity contribution in [2.24, 2.45) is 0 Å². The molecule has 0 unspecified atom stereocenters. The summed E-state index contributed by atoms with van der Waals surface area (Å²) in [4.78, 5) is 0. The predicted molar refractivity (Wildman–Crippen MR) is 120 cm³/mol. The van der Waals surface area contributed by atoms with E-state index in [2.05, 4.69) is 0 Å². The Morgan fingerprint density at radius 2 is 0.643 bits per heavy atom. The van der Waals surface area contributed by atoms with Crippen molar-refractivity contribution in [3.8, 4) is 0 Å². The summed E-state index contributed by atoms with van der Waals surface area (Å²) in [7, 11) is 0. The molecule has 4 rings (SSSR count). The van der Waals surface area contributed by atoms with Gasteiger partial charge in [0.15, 0.2) is 0 Å². The molecule has 0 aliphatic rings. The number of hydrogen-bond donors (Lipinski definition) is 0. The van der Waals surface area contributed by atoms with Crippen molar-refractivity contribution in [3.63, 3.8) is 0 Å². The second-order valence-corrected chi connectivity index (χ2v) is 5.00. The molecule has 0 bridgehead atoms. The molecule has 0 aliphatic carbocycles. The Kier molecular flexibility index (Phi) is 1.72. The van der Waals surface area contributed by atoms with Gasteiger partial charge in [0.1, 0.15) is 0 Å². The Balaban J connectivity index is 2.48. The van der Waals surface area contributed by atoms with Crippen LogP contribution in [-0.4, -0.2) is 0 Å². The zero-order valence-electron chi connectivity index (χ0n) is 36.0. The summed E-state index contributed by atoms with van der Waals surface area (Å²) >= 11 is 0. The van der Waals surface area contributed by atoms with Gasteiger partial charge in [-0.2, -0.15) is 0 Å². The van der Waals surface area contributed by atoms with E-state index in [-0.39, 0.29) is 0 Å². The van der Waals surface area contributed by atoms with Gasteiger partial charge in [0.05, 0.1) is 30.2 Å². The highest BCUT2D eigenvalue weighted by atomic mass is 14.1. The number of benzene rings is 4. The van der Waals surface area contributed by atoms with E-state index in [0.717, 1.165) is 0 Å². The summed E-state index contributed by atoms with van der Waals surface area (Å²) in [6.07, 6.45) is 0. The van der Waals surface area contributed by atoms with Crippen molar-refractivity contribution in [1.29, 1.82) is 0 Å². The lowest BCUT2D eigenvalue weighted by atomic mass is 9.94. The number of hydrogen-bond acceptors (Lipinski definition) is 0. The van der Waals surface area contributed by atoms with Crippen LogP contribution in [0.4, 0.5) is 0 Å². The normalized spacial score (nSPS) is 21.1. The van der Waals surface area contributed by atoms with Crippen LogP contribution in [0.1, 0.15) is 52.4 Å². The molecule has 0 radical (unpaired) electrons. The van der Waals surface area contributed by atoms with E-state index >= 15 is 0 Å². The van der Waals surface area contributed by atoms with Crippen molar-refractivity contribution in [3.05, 3.63) is 155 Å². The molecule has 0 nitrogen and oxygen atoms in total. The zero-order valence-corrected chi connectivity index (χ0v) is 14.0. The van der Waals surface area contributed by atoms with Gasteiger partial charge in [-0.3, -0.25) is 0 Å². The maximum Gasteiger partial charge on any atom is 0.0630 e. The van der Waals surface area contributed by atoms with Gasteiger partial charge in [-0.1, -0.05) is 133 Å². The lowest BCUT2D eigenvalue weighted by molar-refractivity contribution is 1.53. The molecule has 28 heavy (non-hydrogen) atoms. The molecule has 0 spiro atoms. The second kappa shape index (κ2) is 8.83. The molecule has 0 amide bonds. The molecule has 0 heterocycles. The first kappa shape index (κ1) is 5.46. The van der Waals surface area contributed by atoms with Crippen LogP contribution in [0, 0.1) is 0 Å². The summed E-state index contributed by atoms with van der Waals surface area (Å²) < 4.78 is 185. The minimum Gasteiger partial charge on any atom is -0.0622 e. The molecule has 0 aliphatic heterocycles. The highest BCUT2D eigenvalue weighted by molar-refractivity contribution is 5.86. The molecule has 0 N–H and O–H groups in total. The maximum atomic E-state index is 9.25. The Labute approximate surface area is 198 Å². The fourth-order valence-electron chi connectivity index (χ4n) is 2.12. The van der Waals surface area contributed by atoms with Gasteiger partial charge >= 0.3 is 0 Å². The van der Waals surface area contributed by atoms with E-state index in [4.69, 9.17) is 27.4 Å². The number of allylic oxidation sites excluding steroid dienone is 2. The van der Waals surface area contributed by atoms with Gasteiger partial charge < -0.3 is 0 Å². The van der Waals surface area contributed by atoms with Crippen LogP contribution in [0.2, 0.25) is 0 Å². The molecular formula is C28H22. The lowest BCUT2D eigenvalue weighted by Crippen LogP contribution is -1.89. The first-order valence-electron chi connectivity index (χ1n) is 18.8. The minimum absolute atomic E-state index is 0.906. The first-order chi connectivity index (χ1) is 23.0. The van der Waals surface area contributed by atoms with Gasteiger partial charge in [-0.15, -0.1) is 0 Å². The lowest BCUT2D eigenvalue weighted by Gasteiger charge is -2.10. The SMILES string of the molecule is [2H]C(C([2H])=C(c1c([2H])c([2H])c([2H])c([2H])c1[2H])c1c([2H])c([2H])c([2H])c([2H])c1[2H])=C(c1c([2H])c([2H])c([2H])c([2H])c1[2H])c1c([2H])c([2H])c([2H])c([2H])c1[2H]. The van der Waals surface area contributed by atoms with Crippen molar-refractivity contribution in [2.75, 3.05) is 0 Å². The van der Waals surface area contributed by atoms with Crippen LogP contribution < -0.4 is 0 Å². The van der Waals surface area contributed by atoms with E-state index in [1.807, 2.05) is 0 Å². The van der Waals surface area contributed by atoms with Crippen molar-refractivity contribution < 1.29 is 30.2 Å². The summed E-state index contributed by atoms with van der Waals surface area (Å²) in [5.41, 5.74) is -5.75. The number of rotatable bonds is 5. The van der Waals surface area contributed by atoms with E-state index in [0.29, 0.717) is 0 Å². The summed E-state index contributed by atoms with van der Waals surface area (Å²) in [5, 5.41) is 0. The largest absolute Gasteiger partial charge is 0.0630 e. The monoisotopic (exact) mass is 380 g/mol. The average Bonchev–Trinajstić information content (AvgIpc) is 3.09. The molecule has 0 fully saturated rings.